The fourth-order valence-electron chi connectivity index (χ4n) is 1.27. The fraction of sp³-hybridized carbons (Fsp3) is 0.889. The number of hydrogen-bond donors (Lipinski definition) is 1. The molecule has 4 heteroatoms. The maximum Gasteiger partial charge on any atom is 0.236 e. The highest BCUT2D eigenvalue weighted by Gasteiger charge is 2.19. The molecule has 0 aromatic rings. The monoisotopic (exact) mass is 186 g/mol. The molecule has 0 aromatic carbocycles. The second-order valence-electron chi connectivity index (χ2n) is 3.18. The van der Waals surface area contributed by atoms with Crippen molar-refractivity contribution in [2.24, 2.45) is 0 Å². The highest BCUT2D eigenvalue weighted by atomic mass is 16.5. The molecule has 76 valence electrons. The van der Waals surface area contributed by atoms with Crippen LogP contribution in [0.2, 0.25) is 0 Å². The van der Waals surface area contributed by atoms with Crippen molar-refractivity contribution in [1.29, 1.82) is 0 Å². The van der Waals surface area contributed by atoms with E-state index in [1.807, 2.05) is 18.7 Å². The van der Waals surface area contributed by atoms with Crippen molar-refractivity contribution in [2.45, 2.75) is 19.9 Å². The van der Waals surface area contributed by atoms with E-state index in [1.165, 1.54) is 0 Å². The lowest BCUT2D eigenvalue weighted by atomic mass is 10.2. The number of amides is 1. The van der Waals surface area contributed by atoms with Crippen LogP contribution in [0.25, 0.3) is 0 Å². The van der Waals surface area contributed by atoms with Gasteiger partial charge < -0.3 is 15.0 Å². The van der Waals surface area contributed by atoms with E-state index in [-0.39, 0.29) is 5.91 Å². The maximum absolute atomic E-state index is 11.5. The summed E-state index contributed by atoms with van der Waals surface area (Å²) in [4.78, 5) is 13.3. The molecule has 1 aliphatic heterocycles. The Morgan fingerprint density at radius 1 is 1.46 bits per heavy atom. The molecular weight excluding hydrogens is 168 g/mol. The Kier molecular flexibility index (Phi) is 4.18. The van der Waals surface area contributed by atoms with Crippen LogP contribution in [0.5, 0.6) is 0 Å². The van der Waals surface area contributed by atoms with Crippen molar-refractivity contribution in [3.63, 3.8) is 0 Å². The van der Waals surface area contributed by atoms with Crippen LogP contribution in [-0.2, 0) is 9.53 Å². The largest absolute Gasteiger partial charge is 0.378 e. The van der Waals surface area contributed by atoms with Crippen LogP contribution >= 0.6 is 0 Å². The van der Waals surface area contributed by atoms with Crippen LogP contribution in [-0.4, -0.2) is 49.7 Å². The van der Waals surface area contributed by atoms with Crippen LogP contribution in [0.1, 0.15) is 13.8 Å². The molecule has 1 N–H and O–H groups in total. The van der Waals surface area contributed by atoms with Gasteiger partial charge in [0.15, 0.2) is 0 Å². The van der Waals surface area contributed by atoms with Crippen molar-refractivity contribution in [1.82, 2.24) is 10.2 Å². The van der Waals surface area contributed by atoms with Crippen molar-refractivity contribution >= 4 is 5.91 Å². The summed E-state index contributed by atoms with van der Waals surface area (Å²) in [6.07, 6.45) is 0. The number of nitrogens with zero attached hydrogens (tertiary/aromatic N) is 1. The van der Waals surface area contributed by atoms with Gasteiger partial charge in [0, 0.05) is 13.1 Å². The molecule has 0 unspecified atom stereocenters. The quantitative estimate of drug-likeness (QED) is 0.649. The molecule has 0 spiro atoms. The van der Waals surface area contributed by atoms with Gasteiger partial charge in [-0.3, -0.25) is 4.79 Å². The molecule has 0 radical (unpaired) electrons. The Hall–Kier alpha value is -0.610. The number of nitrogens with one attached hydrogen (secondary N) is 1. The predicted octanol–water partition coefficient (Wildman–Crippen LogP) is -0.157. The number of carbonyl (C=O) groups excluding carboxylic acids is 1. The van der Waals surface area contributed by atoms with Crippen LogP contribution in [0.3, 0.4) is 0 Å². The van der Waals surface area contributed by atoms with E-state index in [9.17, 15) is 4.79 Å². The summed E-state index contributed by atoms with van der Waals surface area (Å²) in [7, 11) is 0. The van der Waals surface area contributed by atoms with Gasteiger partial charge in [-0.2, -0.15) is 0 Å². The van der Waals surface area contributed by atoms with Gasteiger partial charge in [0.05, 0.1) is 25.8 Å². The normalized spacial score (nSPS) is 16.8. The molecule has 0 atom stereocenters. The molecule has 1 saturated heterocycles. The summed E-state index contributed by atoms with van der Waals surface area (Å²) in [6.45, 7) is 7.49. The SMILES string of the molecule is CCN(CC)C(=O)CNC1COC1. The van der Waals surface area contributed by atoms with Crippen LogP contribution in [0.4, 0.5) is 0 Å². The lowest BCUT2D eigenvalue weighted by molar-refractivity contribution is -0.130. The van der Waals surface area contributed by atoms with Gasteiger partial charge in [-0.1, -0.05) is 0 Å². The maximum atomic E-state index is 11.5. The average molecular weight is 186 g/mol. The zero-order valence-corrected chi connectivity index (χ0v) is 8.38. The summed E-state index contributed by atoms with van der Waals surface area (Å²) in [6, 6.07) is 0.388. The molecular formula is C9H18N2O2. The van der Waals surface area contributed by atoms with Crippen molar-refractivity contribution < 1.29 is 9.53 Å². The topological polar surface area (TPSA) is 41.6 Å². The molecule has 13 heavy (non-hydrogen) atoms. The standard InChI is InChI=1S/C9H18N2O2/c1-3-11(4-2)9(12)5-10-8-6-13-7-8/h8,10H,3-7H2,1-2H3. The van der Waals surface area contributed by atoms with Gasteiger partial charge in [-0.05, 0) is 13.8 Å². The highest BCUT2D eigenvalue weighted by molar-refractivity contribution is 5.78. The Morgan fingerprint density at radius 2 is 2.08 bits per heavy atom. The number of rotatable bonds is 5. The molecule has 1 rings (SSSR count). The summed E-state index contributed by atoms with van der Waals surface area (Å²) in [5.41, 5.74) is 0. The first kappa shape index (κ1) is 10.5. The van der Waals surface area contributed by atoms with Gasteiger partial charge >= 0.3 is 0 Å². The van der Waals surface area contributed by atoms with Gasteiger partial charge in [0.2, 0.25) is 5.91 Å². The lowest BCUT2D eigenvalue weighted by Crippen LogP contribution is -2.50. The molecule has 1 aliphatic rings. The minimum atomic E-state index is 0.178. The first-order valence-electron chi connectivity index (χ1n) is 4.86. The molecule has 0 aromatic heterocycles. The Labute approximate surface area is 79.2 Å². The van der Waals surface area contributed by atoms with E-state index in [2.05, 4.69) is 5.32 Å². The van der Waals surface area contributed by atoms with Crippen LogP contribution in [0.15, 0.2) is 0 Å². The Morgan fingerprint density at radius 3 is 2.46 bits per heavy atom. The number of likely N-dealkylation sites (N-methyl/N-ethyl adjacent to an activating group) is 1. The minimum absolute atomic E-state index is 0.178. The summed E-state index contributed by atoms with van der Waals surface area (Å²) in [5, 5.41) is 3.15. The van der Waals surface area contributed by atoms with E-state index >= 15 is 0 Å². The van der Waals surface area contributed by atoms with Crippen LogP contribution in [0, 0.1) is 0 Å². The van der Waals surface area contributed by atoms with Gasteiger partial charge in [-0.25, -0.2) is 0 Å². The fourth-order valence-corrected chi connectivity index (χ4v) is 1.27. The zero-order chi connectivity index (χ0) is 9.68. The summed E-state index contributed by atoms with van der Waals surface area (Å²) < 4.78 is 4.99. The second kappa shape index (κ2) is 5.19. The smallest absolute Gasteiger partial charge is 0.236 e. The van der Waals surface area contributed by atoms with E-state index in [1.54, 1.807) is 0 Å². The van der Waals surface area contributed by atoms with E-state index in [0.29, 0.717) is 12.6 Å². The van der Waals surface area contributed by atoms with Gasteiger partial charge in [0.25, 0.3) is 0 Å². The molecule has 1 fully saturated rings. The summed E-state index contributed by atoms with van der Waals surface area (Å²) in [5.74, 6) is 0.178. The minimum Gasteiger partial charge on any atom is -0.378 e. The molecule has 0 saturated carbocycles. The molecule has 0 bridgehead atoms. The van der Waals surface area contributed by atoms with Crippen LogP contribution < -0.4 is 5.32 Å². The van der Waals surface area contributed by atoms with Crippen molar-refractivity contribution in [3.8, 4) is 0 Å². The predicted molar refractivity (Wildman–Crippen MR) is 50.5 cm³/mol. The molecule has 1 heterocycles. The third kappa shape index (κ3) is 2.97. The second-order valence-corrected chi connectivity index (χ2v) is 3.18. The first-order valence-corrected chi connectivity index (χ1v) is 4.86. The zero-order valence-electron chi connectivity index (χ0n) is 8.38. The highest BCUT2D eigenvalue weighted by Crippen LogP contribution is 1.99. The number of hydrogen-bond acceptors (Lipinski definition) is 3. The number of ether oxygens (including phenoxy) is 1. The van der Waals surface area contributed by atoms with Gasteiger partial charge in [-0.15, -0.1) is 0 Å². The summed E-state index contributed by atoms with van der Waals surface area (Å²) >= 11 is 0. The average Bonchev–Trinajstić information content (AvgIpc) is 2.04. The van der Waals surface area contributed by atoms with E-state index < -0.39 is 0 Å². The molecule has 1 amide bonds. The van der Waals surface area contributed by atoms with Crippen molar-refractivity contribution in [3.05, 3.63) is 0 Å². The number of carbonyl (C=O) groups is 1. The van der Waals surface area contributed by atoms with E-state index in [4.69, 9.17) is 4.74 Å². The van der Waals surface area contributed by atoms with Gasteiger partial charge in [0.1, 0.15) is 0 Å². The third-order valence-corrected chi connectivity index (χ3v) is 2.30. The van der Waals surface area contributed by atoms with E-state index in [0.717, 1.165) is 26.3 Å². The first-order chi connectivity index (χ1) is 6.27. The lowest BCUT2D eigenvalue weighted by Gasteiger charge is -2.28. The molecule has 4 nitrogen and oxygen atoms in total. The third-order valence-electron chi connectivity index (χ3n) is 2.30. The Balaban J connectivity index is 2.14. The Bertz CT molecular complexity index is 165. The van der Waals surface area contributed by atoms with Crippen molar-refractivity contribution in [2.75, 3.05) is 32.8 Å². The molecule has 0 aliphatic carbocycles.